The van der Waals surface area contributed by atoms with Crippen LogP contribution < -0.4 is 15.0 Å². The first-order valence-electron chi connectivity index (χ1n) is 9.34. The number of hydrogen-bond acceptors (Lipinski definition) is 4. The van der Waals surface area contributed by atoms with Gasteiger partial charge >= 0.3 is 0 Å². The maximum atomic E-state index is 12.3. The van der Waals surface area contributed by atoms with Crippen molar-refractivity contribution < 1.29 is 19.1 Å². The summed E-state index contributed by atoms with van der Waals surface area (Å²) in [6.07, 6.45) is 0.0505. The fourth-order valence-corrected chi connectivity index (χ4v) is 3.32. The molecule has 1 heterocycles. The lowest BCUT2D eigenvalue weighted by molar-refractivity contribution is -0.129. The summed E-state index contributed by atoms with van der Waals surface area (Å²) in [5, 5.41) is 2.91. The van der Waals surface area contributed by atoms with Gasteiger partial charge in [0.25, 0.3) is 5.91 Å². The van der Waals surface area contributed by atoms with E-state index in [9.17, 15) is 9.59 Å². The second-order valence-electron chi connectivity index (χ2n) is 7.11. The molecule has 148 valence electrons. The molecule has 2 amide bonds. The van der Waals surface area contributed by atoms with Crippen LogP contribution >= 0.6 is 0 Å². The molecule has 3 rings (SSSR count). The van der Waals surface area contributed by atoms with E-state index in [0.717, 1.165) is 28.1 Å². The van der Waals surface area contributed by atoms with Crippen LogP contribution in [0.5, 0.6) is 5.75 Å². The predicted octanol–water partition coefficient (Wildman–Crippen LogP) is 2.40. The highest BCUT2D eigenvalue weighted by Crippen LogP contribution is 2.22. The van der Waals surface area contributed by atoms with Gasteiger partial charge in [-0.1, -0.05) is 18.2 Å². The van der Waals surface area contributed by atoms with Gasteiger partial charge in [0.1, 0.15) is 12.4 Å². The van der Waals surface area contributed by atoms with Crippen LogP contribution in [0.2, 0.25) is 0 Å². The van der Waals surface area contributed by atoms with Gasteiger partial charge in [-0.3, -0.25) is 9.59 Å². The highest BCUT2D eigenvalue weighted by molar-refractivity contribution is 5.95. The zero-order valence-corrected chi connectivity index (χ0v) is 16.5. The van der Waals surface area contributed by atoms with Gasteiger partial charge in [0.15, 0.2) is 0 Å². The normalized spacial score (nSPS) is 16.8. The Morgan fingerprint density at radius 1 is 1.18 bits per heavy atom. The standard InChI is InChI=1S/C22H26N2O4/c1-15-8-16(2)10-18(9-15)24-13-20(28-14-22(24)26)12-23-21(25)11-17-4-6-19(27-3)7-5-17/h4-10,20H,11-14H2,1-3H3,(H,23,25). The van der Waals surface area contributed by atoms with Gasteiger partial charge in [-0.2, -0.15) is 0 Å². The minimum absolute atomic E-state index is 0.0198. The molecular formula is C22H26N2O4. The number of hydrogen-bond donors (Lipinski definition) is 1. The zero-order chi connectivity index (χ0) is 20.1. The van der Waals surface area contributed by atoms with Crippen LogP contribution in [0, 0.1) is 13.8 Å². The molecule has 1 saturated heterocycles. The first kappa shape index (κ1) is 19.9. The van der Waals surface area contributed by atoms with Crippen LogP contribution in [0.4, 0.5) is 5.69 Å². The van der Waals surface area contributed by atoms with Crippen molar-refractivity contribution in [3.63, 3.8) is 0 Å². The van der Waals surface area contributed by atoms with Gasteiger partial charge in [-0.05, 0) is 54.8 Å². The summed E-state index contributed by atoms with van der Waals surface area (Å²) in [6, 6.07) is 13.5. The molecule has 1 fully saturated rings. The predicted molar refractivity (Wildman–Crippen MR) is 108 cm³/mol. The molecule has 1 aliphatic heterocycles. The average Bonchev–Trinajstić information content (AvgIpc) is 2.67. The zero-order valence-electron chi connectivity index (χ0n) is 16.5. The molecule has 0 bridgehead atoms. The van der Waals surface area contributed by atoms with Crippen LogP contribution in [0.15, 0.2) is 42.5 Å². The number of morpholine rings is 1. The second kappa shape index (κ2) is 8.89. The van der Waals surface area contributed by atoms with Crippen LogP contribution in [-0.2, 0) is 20.7 Å². The first-order valence-corrected chi connectivity index (χ1v) is 9.34. The summed E-state index contributed by atoms with van der Waals surface area (Å²) in [5.41, 5.74) is 4.01. The number of ether oxygens (including phenoxy) is 2. The van der Waals surface area contributed by atoms with E-state index < -0.39 is 0 Å². The molecule has 0 aromatic heterocycles. The fraction of sp³-hybridized carbons (Fsp3) is 0.364. The third-order valence-corrected chi connectivity index (χ3v) is 4.70. The topological polar surface area (TPSA) is 67.9 Å². The molecule has 6 heteroatoms. The minimum Gasteiger partial charge on any atom is -0.497 e. The van der Waals surface area contributed by atoms with Gasteiger partial charge < -0.3 is 19.7 Å². The molecule has 2 aromatic carbocycles. The van der Waals surface area contributed by atoms with Crippen molar-refractivity contribution in [2.45, 2.75) is 26.4 Å². The van der Waals surface area contributed by atoms with Crippen molar-refractivity contribution in [2.24, 2.45) is 0 Å². The number of nitrogens with one attached hydrogen (secondary N) is 1. The summed E-state index contributed by atoms with van der Waals surface area (Å²) in [7, 11) is 1.61. The van der Waals surface area contributed by atoms with Crippen LogP contribution in [0.1, 0.15) is 16.7 Å². The molecule has 0 aliphatic carbocycles. The van der Waals surface area contributed by atoms with Crippen molar-refractivity contribution in [1.29, 1.82) is 0 Å². The van der Waals surface area contributed by atoms with Crippen molar-refractivity contribution in [1.82, 2.24) is 5.32 Å². The summed E-state index contributed by atoms with van der Waals surface area (Å²) < 4.78 is 10.7. The Labute approximate surface area is 165 Å². The lowest BCUT2D eigenvalue weighted by Crippen LogP contribution is -2.50. The summed E-state index contributed by atoms with van der Waals surface area (Å²) in [5.74, 6) is 0.616. The van der Waals surface area contributed by atoms with Crippen molar-refractivity contribution >= 4 is 17.5 Å². The summed E-state index contributed by atoms with van der Waals surface area (Å²) in [4.78, 5) is 26.3. The smallest absolute Gasteiger partial charge is 0.253 e. The van der Waals surface area contributed by atoms with E-state index in [-0.39, 0.29) is 30.9 Å². The minimum atomic E-state index is -0.238. The number of carbonyl (C=O) groups is 2. The third kappa shape index (κ3) is 5.10. The van der Waals surface area contributed by atoms with Gasteiger partial charge in [0.05, 0.1) is 26.2 Å². The van der Waals surface area contributed by atoms with E-state index in [4.69, 9.17) is 9.47 Å². The number of carbonyl (C=O) groups excluding carboxylic acids is 2. The molecule has 28 heavy (non-hydrogen) atoms. The molecule has 6 nitrogen and oxygen atoms in total. The fourth-order valence-electron chi connectivity index (χ4n) is 3.32. The molecule has 1 N–H and O–H groups in total. The SMILES string of the molecule is COc1ccc(CC(=O)NCC2CN(c3cc(C)cc(C)c3)C(=O)CO2)cc1. The Morgan fingerprint density at radius 3 is 2.50 bits per heavy atom. The van der Waals surface area contributed by atoms with E-state index >= 15 is 0 Å². The van der Waals surface area contributed by atoms with Gasteiger partial charge in [0.2, 0.25) is 5.91 Å². The maximum absolute atomic E-state index is 12.3. The number of benzene rings is 2. The number of nitrogens with zero attached hydrogens (tertiary/aromatic N) is 1. The molecule has 1 unspecified atom stereocenters. The Balaban J connectivity index is 1.55. The van der Waals surface area contributed by atoms with E-state index in [1.54, 1.807) is 12.0 Å². The van der Waals surface area contributed by atoms with Crippen molar-refractivity contribution in [3.8, 4) is 5.75 Å². The van der Waals surface area contributed by atoms with Crippen LogP contribution in [0.3, 0.4) is 0 Å². The second-order valence-corrected chi connectivity index (χ2v) is 7.11. The number of rotatable bonds is 6. The molecule has 0 spiro atoms. The van der Waals surface area contributed by atoms with Crippen LogP contribution in [-0.4, -0.2) is 44.7 Å². The molecule has 1 aliphatic rings. The van der Waals surface area contributed by atoms with Gasteiger partial charge in [-0.25, -0.2) is 0 Å². The van der Waals surface area contributed by atoms with E-state index in [1.165, 1.54) is 0 Å². The lowest BCUT2D eigenvalue weighted by Gasteiger charge is -2.33. The van der Waals surface area contributed by atoms with E-state index in [1.807, 2.05) is 50.2 Å². The number of amides is 2. The monoisotopic (exact) mass is 382 g/mol. The molecule has 1 atom stereocenters. The first-order chi connectivity index (χ1) is 13.4. The third-order valence-electron chi connectivity index (χ3n) is 4.70. The van der Waals surface area contributed by atoms with Gasteiger partial charge in [0, 0.05) is 12.2 Å². The number of anilines is 1. The van der Waals surface area contributed by atoms with Crippen molar-refractivity contribution in [2.75, 3.05) is 31.7 Å². The molecule has 2 aromatic rings. The summed E-state index contributed by atoms with van der Waals surface area (Å²) in [6.45, 7) is 4.83. The number of methoxy groups -OCH3 is 1. The Bertz CT molecular complexity index is 828. The highest BCUT2D eigenvalue weighted by Gasteiger charge is 2.28. The Morgan fingerprint density at radius 2 is 1.86 bits per heavy atom. The molecule has 0 radical (unpaired) electrons. The van der Waals surface area contributed by atoms with E-state index in [0.29, 0.717) is 13.1 Å². The molecule has 0 saturated carbocycles. The highest BCUT2D eigenvalue weighted by atomic mass is 16.5. The largest absolute Gasteiger partial charge is 0.497 e. The van der Waals surface area contributed by atoms with E-state index in [2.05, 4.69) is 11.4 Å². The molecular weight excluding hydrogens is 356 g/mol. The van der Waals surface area contributed by atoms with Crippen LogP contribution in [0.25, 0.3) is 0 Å². The Hall–Kier alpha value is -2.86. The maximum Gasteiger partial charge on any atom is 0.253 e. The average molecular weight is 382 g/mol. The van der Waals surface area contributed by atoms with Crippen molar-refractivity contribution in [3.05, 3.63) is 59.2 Å². The lowest BCUT2D eigenvalue weighted by atomic mass is 10.1. The number of aryl methyl sites for hydroxylation is 2. The summed E-state index contributed by atoms with van der Waals surface area (Å²) >= 11 is 0. The van der Waals surface area contributed by atoms with Gasteiger partial charge in [-0.15, -0.1) is 0 Å². The quantitative estimate of drug-likeness (QED) is 0.833. The Kier molecular flexibility index (Phi) is 6.31.